The van der Waals surface area contributed by atoms with Crippen LogP contribution in [-0.2, 0) is 0 Å². The summed E-state index contributed by atoms with van der Waals surface area (Å²) in [6.45, 7) is 0.982. The van der Waals surface area contributed by atoms with Crippen molar-refractivity contribution in [3.63, 3.8) is 0 Å². The molecule has 2 rings (SSSR count). The van der Waals surface area contributed by atoms with Crippen LogP contribution in [0.3, 0.4) is 0 Å². The van der Waals surface area contributed by atoms with Crippen molar-refractivity contribution < 1.29 is 0 Å². The minimum atomic E-state index is 0.00584. The van der Waals surface area contributed by atoms with Crippen LogP contribution in [0.25, 0.3) is 16.3 Å². The molecule has 1 heterocycles. The monoisotopic (exact) mass is 234 g/mol. The second-order valence-electron chi connectivity index (χ2n) is 3.56. The molecule has 0 radical (unpaired) electrons. The summed E-state index contributed by atoms with van der Waals surface area (Å²) in [6, 6.07) is 6.00. The maximum atomic E-state index is 11.1. The summed E-state index contributed by atoms with van der Waals surface area (Å²) in [4.78, 5) is 13.9. The van der Waals surface area contributed by atoms with Gasteiger partial charge in [0.2, 0.25) is 0 Å². The van der Waals surface area contributed by atoms with Gasteiger partial charge >= 0.3 is 4.87 Å². The van der Waals surface area contributed by atoms with Crippen LogP contribution >= 0.6 is 11.3 Å². The lowest BCUT2D eigenvalue weighted by Crippen LogP contribution is -2.05. The Labute approximate surface area is 97.8 Å². The highest BCUT2D eigenvalue weighted by atomic mass is 32.1. The van der Waals surface area contributed by atoms with Gasteiger partial charge in [0.05, 0.1) is 10.2 Å². The van der Waals surface area contributed by atoms with Crippen LogP contribution in [0.5, 0.6) is 0 Å². The summed E-state index contributed by atoms with van der Waals surface area (Å²) in [5.41, 5.74) is 2.06. The first-order valence-corrected chi connectivity index (χ1v) is 6.05. The molecule has 0 aliphatic carbocycles. The van der Waals surface area contributed by atoms with E-state index < -0.39 is 0 Å². The molecule has 2 N–H and O–H groups in total. The number of thiazole rings is 1. The minimum absolute atomic E-state index is 0.00584. The Morgan fingerprint density at radius 1 is 1.50 bits per heavy atom. The second-order valence-corrected chi connectivity index (χ2v) is 4.58. The second kappa shape index (κ2) is 5.09. The Bertz CT molecular complexity index is 553. The predicted molar refractivity (Wildman–Crippen MR) is 70.0 cm³/mol. The molecular weight excluding hydrogens is 220 g/mol. The molecule has 3 nitrogen and oxygen atoms in total. The molecule has 0 aliphatic rings. The molecule has 16 heavy (non-hydrogen) atoms. The topological polar surface area (TPSA) is 44.9 Å². The Hall–Kier alpha value is -1.39. The van der Waals surface area contributed by atoms with Gasteiger partial charge in [0, 0.05) is 0 Å². The number of H-pyrrole nitrogens is 1. The van der Waals surface area contributed by atoms with Crippen molar-refractivity contribution in [1.82, 2.24) is 10.3 Å². The molecule has 0 amide bonds. The summed E-state index contributed by atoms with van der Waals surface area (Å²) in [7, 11) is 1.94. The fourth-order valence-electron chi connectivity index (χ4n) is 1.51. The van der Waals surface area contributed by atoms with Crippen LogP contribution in [0.4, 0.5) is 0 Å². The van der Waals surface area contributed by atoms with Crippen molar-refractivity contribution in [3.8, 4) is 0 Å². The minimum Gasteiger partial charge on any atom is -0.319 e. The maximum absolute atomic E-state index is 11.1. The highest BCUT2D eigenvalue weighted by Crippen LogP contribution is 2.17. The van der Waals surface area contributed by atoms with E-state index in [0.717, 1.165) is 28.7 Å². The van der Waals surface area contributed by atoms with Gasteiger partial charge in [-0.05, 0) is 37.7 Å². The zero-order valence-electron chi connectivity index (χ0n) is 9.12. The van der Waals surface area contributed by atoms with Crippen molar-refractivity contribution in [3.05, 3.63) is 39.5 Å². The lowest BCUT2D eigenvalue weighted by atomic mass is 10.2. The fourth-order valence-corrected chi connectivity index (χ4v) is 2.30. The molecular formula is C12H14N2OS. The van der Waals surface area contributed by atoms with Crippen LogP contribution in [0.1, 0.15) is 12.0 Å². The average Bonchev–Trinajstić information content (AvgIpc) is 2.64. The largest absolute Gasteiger partial charge is 0.319 e. The van der Waals surface area contributed by atoms with Crippen molar-refractivity contribution >= 4 is 27.6 Å². The summed E-state index contributed by atoms with van der Waals surface area (Å²) >= 11 is 1.25. The van der Waals surface area contributed by atoms with Crippen LogP contribution in [0, 0.1) is 0 Å². The van der Waals surface area contributed by atoms with Crippen LogP contribution in [0.2, 0.25) is 0 Å². The van der Waals surface area contributed by atoms with Crippen LogP contribution in [-0.4, -0.2) is 18.6 Å². The molecule has 0 bridgehead atoms. The van der Waals surface area contributed by atoms with Crippen molar-refractivity contribution in [1.29, 1.82) is 0 Å². The van der Waals surface area contributed by atoms with Crippen molar-refractivity contribution in [2.75, 3.05) is 13.6 Å². The summed E-state index contributed by atoms with van der Waals surface area (Å²) in [5, 5.41) is 3.09. The first-order chi connectivity index (χ1) is 7.79. The maximum Gasteiger partial charge on any atom is 0.305 e. The third-order valence-corrected chi connectivity index (χ3v) is 3.16. The molecule has 4 heteroatoms. The Morgan fingerprint density at radius 3 is 3.19 bits per heavy atom. The van der Waals surface area contributed by atoms with Gasteiger partial charge in [-0.15, -0.1) is 0 Å². The molecule has 0 unspecified atom stereocenters. The third-order valence-electron chi connectivity index (χ3n) is 2.32. The number of rotatable bonds is 4. The van der Waals surface area contributed by atoms with E-state index in [2.05, 4.69) is 22.5 Å². The molecule has 0 saturated heterocycles. The van der Waals surface area contributed by atoms with Gasteiger partial charge in [-0.25, -0.2) is 0 Å². The standard InChI is InChI=1S/C12H14N2OS/c1-13-7-3-2-4-9-5-6-10-11(8-9)16-12(15)14-10/h2,4-6,8,13H,3,7H2,1H3,(H,14,15). The molecule has 2 aromatic rings. The lowest BCUT2D eigenvalue weighted by Gasteiger charge is -1.94. The van der Waals surface area contributed by atoms with E-state index in [4.69, 9.17) is 0 Å². The third kappa shape index (κ3) is 2.59. The quantitative estimate of drug-likeness (QED) is 0.797. The van der Waals surface area contributed by atoms with Crippen molar-refractivity contribution in [2.45, 2.75) is 6.42 Å². The molecule has 0 atom stereocenters. The Morgan fingerprint density at radius 2 is 2.38 bits per heavy atom. The van der Waals surface area contributed by atoms with Crippen LogP contribution in [0.15, 0.2) is 29.1 Å². The van der Waals surface area contributed by atoms with Crippen molar-refractivity contribution in [2.24, 2.45) is 0 Å². The number of hydrogen-bond acceptors (Lipinski definition) is 3. The van der Waals surface area contributed by atoms with Crippen LogP contribution < -0.4 is 10.2 Å². The molecule has 0 spiro atoms. The number of aromatic amines is 1. The fraction of sp³-hybridized carbons (Fsp3) is 0.250. The van der Waals surface area contributed by atoms with Gasteiger partial charge in [-0.1, -0.05) is 29.6 Å². The Balaban J connectivity index is 2.19. The Kier molecular flexibility index (Phi) is 3.54. The van der Waals surface area contributed by atoms with E-state index in [9.17, 15) is 4.79 Å². The summed E-state index contributed by atoms with van der Waals surface area (Å²) < 4.78 is 1.01. The lowest BCUT2D eigenvalue weighted by molar-refractivity contribution is 0.809. The van der Waals surface area contributed by atoms with Gasteiger partial charge in [0.25, 0.3) is 0 Å². The van der Waals surface area contributed by atoms with E-state index in [0.29, 0.717) is 0 Å². The highest BCUT2D eigenvalue weighted by Gasteiger charge is 1.98. The molecule has 0 saturated carbocycles. The molecule has 0 aliphatic heterocycles. The summed E-state index contributed by atoms with van der Waals surface area (Å²) in [6.07, 6.45) is 5.23. The summed E-state index contributed by atoms with van der Waals surface area (Å²) in [5.74, 6) is 0. The van der Waals surface area contributed by atoms with E-state index >= 15 is 0 Å². The number of nitrogens with one attached hydrogen (secondary N) is 2. The molecule has 1 aromatic heterocycles. The first-order valence-electron chi connectivity index (χ1n) is 5.23. The average molecular weight is 234 g/mol. The zero-order chi connectivity index (χ0) is 11.4. The van der Waals surface area contributed by atoms with Gasteiger partial charge in [0.15, 0.2) is 0 Å². The van der Waals surface area contributed by atoms with E-state index in [1.54, 1.807) is 0 Å². The van der Waals surface area contributed by atoms with Gasteiger partial charge in [-0.3, -0.25) is 4.79 Å². The van der Waals surface area contributed by atoms with Gasteiger partial charge in [-0.2, -0.15) is 0 Å². The van der Waals surface area contributed by atoms with E-state index in [-0.39, 0.29) is 4.87 Å². The molecule has 1 aromatic carbocycles. The number of aromatic nitrogens is 1. The number of fused-ring (bicyclic) bond motifs is 1. The normalized spacial score (nSPS) is 11.6. The smallest absolute Gasteiger partial charge is 0.305 e. The number of hydrogen-bond donors (Lipinski definition) is 2. The highest BCUT2D eigenvalue weighted by molar-refractivity contribution is 7.16. The van der Waals surface area contributed by atoms with Gasteiger partial charge < -0.3 is 10.3 Å². The zero-order valence-corrected chi connectivity index (χ0v) is 9.93. The first kappa shape index (κ1) is 11.1. The molecule has 0 fully saturated rings. The van der Waals surface area contributed by atoms with E-state index in [1.807, 2.05) is 25.2 Å². The SMILES string of the molecule is CNCCC=Cc1ccc2[nH]c(=O)sc2c1. The predicted octanol–water partition coefficient (Wildman–Crippen LogP) is 2.21. The van der Waals surface area contributed by atoms with Gasteiger partial charge in [0.1, 0.15) is 0 Å². The number of benzene rings is 1. The molecule has 84 valence electrons. The van der Waals surface area contributed by atoms with E-state index in [1.165, 1.54) is 11.3 Å².